The predicted molar refractivity (Wildman–Crippen MR) is 150 cm³/mol. The van der Waals surface area contributed by atoms with Gasteiger partial charge in [0.15, 0.2) is 5.78 Å². The van der Waals surface area contributed by atoms with Gasteiger partial charge in [0.05, 0.1) is 11.3 Å². The van der Waals surface area contributed by atoms with E-state index >= 15 is 0 Å². The van der Waals surface area contributed by atoms with E-state index in [1.165, 1.54) is 23.1 Å². The van der Waals surface area contributed by atoms with Crippen LogP contribution in [-0.2, 0) is 11.0 Å². The molecule has 0 unspecified atom stereocenters. The third-order valence-corrected chi connectivity index (χ3v) is 7.71. The van der Waals surface area contributed by atoms with Gasteiger partial charge in [0.1, 0.15) is 11.6 Å². The number of halogens is 4. The van der Waals surface area contributed by atoms with Crippen molar-refractivity contribution in [2.45, 2.75) is 38.8 Å². The van der Waals surface area contributed by atoms with Crippen molar-refractivity contribution in [3.8, 4) is 0 Å². The molecular weight excluding hydrogens is 569 g/mol. The number of rotatable bonds is 3. The normalized spacial score (nSPS) is 20.7. The van der Waals surface area contributed by atoms with Crippen molar-refractivity contribution in [3.63, 3.8) is 0 Å². The lowest BCUT2D eigenvalue weighted by Gasteiger charge is -2.45. The van der Waals surface area contributed by atoms with Crippen LogP contribution < -0.4 is 4.90 Å². The Bertz CT molecular complexity index is 1520. The Morgan fingerprint density at radius 1 is 0.974 bits per heavy atom. The van der Waals surface area contributed by atoms with E-state index in [9.17, 15) is 28.5 Å². The first-order valence-corrected chi connectivity index (χ1v) is 13.2. The summed E-state index contributed by atoms with van der Waals surface area (Å²) in [4.78, 5) is 15.1. The quantitative estimate of drug-likeness (QED) is 0.298. The number of nitrogens with zero attached hydrogens (tertiary/aromatic N) is 1. The van der Waals surface area contributed by atoms with Crippen LogP contribution in [0.2, 0.25) is 0 Å². The van der Waals surface area contributed by atoms with Gasteiger partial charge < -0.3 is 5.11 Å². The SMILES string of the molecule is CC1(C)CC(=O)C2=C(C1)N(c1ccccc1C(F)(F)F)C(=N)/C(=C(/O)c1ccccc1)[C@@H]2c1ccc(Br)cc1. The van der Waals surface area contributed by atoms with Gasteiger partial charge in [-0.25, -0.2) is 0 Å². The number of alkyl halides is 3. The van der Waals surface area contributed by atoms with Crippen molar-refractivity contribution in [1.29, 1.82) is 5.41 Å². The van der Waals surface area contributed by atoms with Gasteiger partial charge in [-0.1, -0.05) is 84.4 Å². The molecule has 1 heterocycles. The number of Topliss-reactive ketones (excluding diaryl/α,β-unsaturated/α-hetero) is 1. The first-order valence-electron chi connectivity index (χ1n) is 12.4. The van der Waals surface area contributed by atoms with Gasteiger partial charge >= 0.3 is 6.18 Å². The summed E-state index contributed by atoms with van der Waals surface area (Å²) in [6, 6.07) is 20.8. The predicted octanol–water partition coefficient (Wildman–Crippen LogP) is 8.66. The molecule has 8 heteroatoms. The van der Waals surface area contributed by atoms with E-state index in [1.54, 1.807) is 54.6 Å². The zero-order chi connectivity index (χ0) is 28.1. The second kappa shape index (κ2) is 9.83. The summed E-state index contributed by atoms with van der Waals surface area (Å²) in [5.41, 5.74) is 0.0959. The number of benzene rings is 3. The summed E-state index contributed by atoms with van der Waals surface area (Å²) in [7, 11) is 0. The Hall–Kier alpha value is -3.65. The van der Waals surface area contributed by atoms with Crippen LogP contribution in [0.25, 0.3) is 5.76 Å². The topological polar surface area (TPSA) is 64.4 Å². The Labute approximate surface area is 233 Å². The fourth-order valence-corrected chi connectivity index (χ4v) is 5.79. The lowest BCUT2D eigenvalue weighted by atomic mass is 9.67. The number of amidine groups is 1. The average molecular weight is 595 g/mol. The zero-order valence-corrected chi connectivity index (χ0v) is 22.9. The van der Waals surface area contributed by atoms with Crippen molar-refractivity contribution in [2.75, 3.05) is 4.90 Å². The molecule has 2 N–H and O–H groups in total. The van der Waals surface area contributed by atoms with E-state index in [0.717, 1.165) is 10.5 Å². The van der Waals surface area contributed by atoms with Crippen LogP contribution in [0.1, 0.15) is 49.3 Å². The smallest absolute Gasteiger partial charge is 0.418 e. The molecule has 0 fully saturated rings. The molecule has 0 radical (unpaired) electrons. The number of allylic oxidation sites excluding steroid dienone is 2. The first kappa shape index (κ1) is 26.9. The zero-order valence-electron chi connectivity index (χ0n) is 21.3. The number of carbonyl (C=O) groups excluding carboxylic acids is 1. The number of aliphatic hydroxyl groups excluding tert-OH is 1. The molecule has 3 aromatic rings. The Morgan fingerprint density at radius 2 is 1.59 bits per heavy atom. The summed E-state index contributed by atoms with van der Waals surface area (Å²) in [5.74, 6) is -1.61. The monoisotopic (exact) mass is 594 g/mol. The van der Waals surface area contributed by atoms with E-state index in [2.05, 4.69) is 15.9 Å². The molecule has 0 bridgehead atoms. The van der Waals surface area contributed by atoms with E-state index in [1.807, 2.05) is 13.8 Å². The third-order valence-electron chi connectivity index (χ3n) is 7.18. The number of para-hydroxylation sites is 1. The van der Waals surface area contributed by atoms with Crippen LogP contribution in [-0.4, -0.2) is 16.7 Å². The molecule has 200 valence electrons. The molecule has 1 aliphatic carbocycles. The number of ketones is 1. The maximum absolute atomic E-state index is 14.2. The Morgan fingerprint density at radius 3 is 2.23 bits per heavy atom. The van der Waals surface area contributed by atoms with Crippen LogP contribution in [0.3, 0.4) is 0 Å². The molecule has 1 aliphatic heterocycles. The maximum atomic E-state index is 14.2. The van der Waals surface area contributed by atoms with Crippen molar-refractivity contribution in [3.05, 3.63) is 117 Å². The van der Waals surface area contributed by atoms with Gasteiger partial charge in [0.2, 0.25) is 0 Å². The van der Waals surface area contributed by atoms with Crippen molar-refractivity contribution < 1.29 is 23.1 Å². The second-order valence-electron chi connectivity index (χ2n) is 10.6. The molecule has 0 spiro atoms. The number of hydrogen-bond acceptors (Lipinski definition) is 3. The van der Waals surface area contributed by atoms with Gasteiger partial charge in [0, 0.05) is 39.2 Å². The second-order valence-corrected chi connectivity index (χ2v) is 11.5. The fourth-order valence-electron chi connectivity index (χ4n) is 5.53. The van der Waals surface area contributed by atoms with Gasteiger partial charge in [-0.05, 0) is 41.7 Å². The number of carbonyl (C=O) groups is 1. The van der Waals surface area contributed by atoms with Gasteiger partial charge in [0.25, 0.3) is 0 Å². The number of nitrogens with one attached hydrogen (secondary N) is 1. The summed E-state index contributed by atoms with van der Waals surface area (Å²) in [6.45, 7) is 3.79. The van der Waals surface area contributed by atoms with Gasteiger partial charge in [-0.15, -0.1) is 0 Å². The highest BCUT2D eigenvalue weighted by Gasteiger charge is 2.48. The minimum Gasteiger partial charge on any atom is -0.507 e. The average Bonchev–Trinajstić information content (AvgIpc) is 2.87. The third kappa shape index (κ3) is 4.93. The Kier molecular flexibility index (Phi) is 6.79. The first-order chi connectivity index (χ1) is 18.4. The van der Waals surface area contributed by atoms with Gasteiger partial charge in [-0.3, -0.25) is 15.1 Å². The molecule has 3 aromatic carbocycles. The van der Waals surface area contributed by atoms with E-state index in [0.29, 0.717) is 22.4 Å². The number of hydrogen-bond donors (Lipinski definition) is 2. The van der Waals surface area contributed by atoms with E-state index in [4.69, 9.17) is 0 Å². The largest absolute Gasteiger partial charge is 0.507 e. The van der Waals surface area contributed by atoms with Crippen LogP contribution in [0.5, 0.6) is 0 Å². The molecule has 2 aliphatic rings. The molecule has 39 heavy (non-hydrogen) atoms. The fraction of sp³-hybridized carbons (Fsp3) is 0.226. The number of aliphatic hydroxyl groups is 1. The van der Waals surface area contributed by atoms with E-state index < -0.39 is 23.1 Å². The van der Waals surface area contributed by atoms with Crippen LogP contribution in [0, 0.1) is 10.8 Å². The summed E-state index contributed by atoms with van der Waals surface area (Å²) in [6.07, 6.45) is -4.21. The molecule has 0 saturated heterocycles. The molecule has 0 aromatic heterocycles. The maximum Gasteiger partial charge on any atom is 0.418 e. The summed E-state index contributed by atoms with van der Waals surface area (Å²) < 4.78 is 43.5. The molecule has 5 rings (SSSR count). The minimum absolute atomic E-state index is 0.0762. The van der Waals surface area contributed by atoms with Crippen molar-refractivity contribution in [1.82, 2.24) is 0 Å². The lowest BCUT2D eigenvalue weighted by Crippen LogP contribution is -2.45. The molecule has 0 saturated carbocycles. The highest BCUT2D eigenvalue weighted by Crippen LogP contribution is 2.52. The van der Waals surface area contributed by atoms with Gasteiger partial charge in [-0.2, -0.15) is 13.2 Å². The summed E-state index contributed by atoms with van der Waals surface area (Å²) >= 11 is 3.43. The summed E-state index contributed by atoms with van der Waals surface area (Å²) in [5, 5.41) is 21.0. The van der Waals surface area contributed by atoms with Crippen molar-refractivity contribution >= 4 is 39.0 Å². The molecule has 1 atom stereocenters. The molecular formula is C31H26BrF3N2O2. The van der Waals surface area contributed by atoms with Crippen LogP contribution >= 0.6 is 15.9 Å². The Balaban J connectivity index is 1.89. The van der Waals surface area contributed by atoms with Crippen LogP contribution in [0.15, 0.2) is 100 Å². The highest BCUT2D eigenvalue weighted by atomic mass is 79.9. The number of anilines is 1. The molecule has 4 nitrogen and oxygen atoms in total. The minimum atomic E-state index is -4.69. The van der Waals surface area contributed by atoms with Crippen molar-refractivity contribution in [2.24, 2.45) is 5.41 Å². The van der Waals surface area contributed by atoms with E-state index in [-0.39, 0.29) is 41.5 Å². The standard InChI is InChI=1S/C31H26BrF3N2O2/c1-30(2)16-23-26(24(38)17-30)25(18-12-14-20(32)15-13-18)27(28(39)19-8-4-3-5-9-19)29(36)37(23)22-11-7-6-10-21(22)31(33,34)35/h3-15,25,36,39H,16-17H2,1-2H3/b28-27+,36-29?/t25-/m1/s1. The lowest BCUT2D eigenvalue weighted by molar-refractivity contribution is -0.137. The molecule has 0 amide bonds. The van der Waals surface area contributed by atoms with Crippen LogP contribution in [0.4, 0.5) is 18.9 Å². The highest BCUT2D eigenvalue weighted by molar-refractivity contribution is 9.10.